The van der Waals surface area contributed by atoms with Gasteiger partial charge in [0.15, 0.2) is 0 Å². The van der Waals surface area contributed by atoms with E-state index in [-0.39, 0.29) is 24.5 Å². The van der Waals surface area contributed by atoms with Crippen LogP contribution < -0.4 is 5.32 Å². The predicted molar refractivity (Wildman–Crippen MR) is 67.9 cm³/mol. The zero-order valence-corrected chi connectivity index (χ0v) is 10.7. The number of carbonyl (C=O) groups is 1. The molecule has 4 nitrogen and oxygen atoms in total. The monoisotopic (exact) mass is 249 g/mol. The maximum absolute atomic E-state index is 11.8. The second kappa shape index (κ2) is 5.08. The van der Waals surface area contributed by atoms with Crippen LogP contribution in [0.1, 0.15) is 24.9 Å². The van der Waals surface area contributed by atoms with Gasteiger partial charge in [0.1, 0.15) is 5.54 Å². The van der Waals surface area contributed by atoms with Gasteiger partial charge >= 0.3 is 5.97 Å². The predicted octanol–water partition coefficient (Wildman–Crippen LogP) is 1.26. The molecule has 1 aromatic carbocycles. The van der Waals surface area contributed by atoms with Crippen molar-refractivity contribution in [3.8, 4) is 0 Å². The lowest BCUT2D eigenvalue weighted by Gasteiger charge is -2.22. The second-order valence-corrected chi connectivity index (χ2v) is 5.00. The minimum Gasteiger partial charge on any atom is -0.468 e. The molecule has 2 N–H and O–H groups in total. The Morgan fingerprint density at radius 1 is 1.50 bits per heavy atom. The first-order chi connectivity index (χ1) is 8.60. The fourth-order valence-corrected chi connectivity index (χ4v) is 2.72. The number of aliphatic hydroxyl groups excluding tert-OH is 1. The van der Waals surface area contributed by atoms with Crippen LogP contribution in [0, 0.1) is 5.92 Å². The third-order valence-electron chi connectivity index (χ3n) is 3.65. The number of hydrogen-bond acceptors (Lipinski definition) is 4. The molecule has 4 heteroatoms. The van der Waals surface area contributed by atoms with Gasteiger partial charge in [-0.1, -0.05) is 30.3 Å². The number of esters is 1. The first-order valence-corrected chi connectivity index (χ1v) is 6.12. The maximum Gasteiger partial charge on any atom is 0.325 e. The third-order valence-corrected chi connectivity index (χ3v) is 3.65. The molecule has 1 fully saturated rings. The van der Waals surface area contributed by atoms with E-state index in [4.69, 9.17) is 4.74 Å². The highest BCUT2D eigenvalue weighted by Crippen LogP contribution is 2.38. The molecule has 0 radical (unpaired) electrons. The van der Waals surface area contributed by atoms with Gasteiger partial charge in [-0.25, -0.2) is 0 Å². The van der Waals surface area contributed by atoms with Gasteiger partial charge in [0.2, 0.25) is 0 Å². The minimum absolute atomic E-state index is 0.0136. The second-order valence-electron chi connectivity index (χ2n) is 5.00. The summed E-state index contributed by atoms with van der Waals surface area (Å²) in [5.74, 6) is -0.254. The van der Waals surface area contributed by atoms with Crippen LogP contribution in [0.2, 0.25) is 0 Å². The van der Waals surface area contributed by atoms with Gasteiger partial charge in [-0.15, -0.1) is 0 Å². The van der Waals surface area contributed by atoms with Crippen molar-refractivity contribution in [3.05, 3.63) is 35.9 Å². The number of ether oxygens (including phenoxy) is 1. The standard InChI is InChI=1S/C14H19NO3/c1-14(13(17)18-2)8-11(9-16)12(15-14)10-6-4-3-5-7-10/h3-7,11-12,15-16H,8-9H2,1-2H3. The Hall–Kier alpha value is -1.39. The Morgan fingerprint density at radius 2 is 2.17 bits per heavy atom. The molecule has 1 saturated heterocycles. The summed E-state index contributed by atoms with van der Waals surface area (Å²) >= 11 is 0. The highest BCUT2D eigenvalue weighted by Gasteiger charge is 2.47. The van der Waals surface area contributed by atoms with E-state index in [0.717, 1.165) is 5.56 Å². The van der Waals surface area contributed by atoms with Crippen LogP contribution in [0.4, 0.5) is 0 Å². The van der Waals surface area contributed by atoms with E-state index in [2.05, 4.69) is 5.32 Å². The molecule has 0 bridgehead atoms. The third kappa shape index (κ3) is 2.26. The van der Waals surface area contributed by atoms with Crippen LogP contribution in [0.3, 0.4) is 0 Å². The molecule has 3 atom stereocenters. The summed E-state index contributed by atoms with van der Waals surface area (Å²) < 4.78 is 4.83. The molecule has 0 saturated carbocycles. The minimum atomic E-state index is -0.720. The van der Waals surface area contributed by atoms with Crippen LogP contribution in [-0.2, 0) is 9.53 Å². The van der Waals surface area contributed by atoms with Gasteiger partial charge in [-0.2, -0.15) is 0 Å². The zero-order chi connectivity index (χ0) is 13.2. The molecule has 0 amide bonds. The lowest BCUT2D eigenvalue weighted by atomic mass is 9.91. The van der Waals surface area contributed by atoms with Gasteiger partial charge in [0.25, 0.3) is 0 Å². The van der Waals surface area contributed by atoms with Crippen molar-refractivity contribution in [2.24, 2.45) is 5.92 Å². The molecular weight excluding hydrogens is 230 g/mol. The van der Waals surface area contributed by atoms with Crippen molar-refractivity contribution in [1.29, 1.82) is 0 Å². The van der Waals surface area contributed by atoms with Crippen molar-refractivity contribution >= 4 is 5.97 Å². The van der Waals surface area contributed by atoms with Crippen molar-refractivity contribution < 1.29 is 14.6 Å². The summed E-state index contributed by atoms with van der Waals surface area (Å²) in [4.78, 5) is 11.8. The zero-order valence-electron chi connectivity index (χ0n) is 10.7. The van der Waals surface area contributed by atoms with E-state index in [1.807, 2.05) is 37.3 Å². The normalized spacial score (nSPS) is 31.3. The summed E-state index contributed by atoms with van der Waals surface area (Å²) in [6.45, 7) is 1.88. The van der Waals surface area contributed by atoms with Crippen molar-refractivity contribution in [2.45, 2.75) is 24.9 Å². The maximum atomic E-state index is 11.8. The summed E-state index contributed by atoms with van der Waals surface area (Å²) in [5, 5.41) is 12.8. The molecule has 0 spiro atoms. The van der Waals surface area contributed by atoms with Crippen LogP contribution in [0.5, 0.6) is 0 Å². The van der Waals surface area contributed by atoms with E-state index >= 15 is 0 Å². The largest absolute Gasteiger partial charge is 0.468 e. The SMILES string of the molecule is COC(=O)C1(C)CC(CO)C(c2ccccc2)N1. The van der Waals surface area contributed by atoms with Crippen molar-refractivity contribution in [3.63, 3.8) is 0 Å². The fraction of sp³-hybridized carbons (Fsp3) is 0.500. The summed E-state index contributed by atoms with van der Waals surface area (Å²) in [6, 6.07) is 9.86. The Bertz CT molecular complexity index is 420. The quantitative estimate of drug-likeness (QED) is 0.792. The summed E-state index contributed by atoms with van der Waals surface area (Å²) in [5.41, 5.74) is 0.368. The Balaban J connectivity index is 2.25. The molecule has 0 aromatic heterocycles. The smallest absolute Gasteiger partial charge is 0.325 e. The van der Waals surface area contributed by atoms with E-state index in [1.165, 1.54) is 7.11 Å². The van der Waals surface area contributed by atoms with E-state index in [9.17, 15) is 9.90 Å². The number of aliphatic hydroxyl groups is 1. The molecule has 18 heavy (non-hydrogen) atoms. The van der Waals surface area contributed by atoms with Crippen molar-refractivity contribution in [2.75, 3.05) is 13.7 Å². The van der Waals surface area contributed by atoms with Crippen LogP contribution in [0.15, 0.2) is 30.3 Å². The number of rotatable bonds is 3. The highest BCUT2D eigenvalue weighted by atomic mass is 16.5. The summed E-state index contributed by atoms with van der Waals surface area (Å²) in [7, 11) is 1.39. The lowest BCUT2D eigenvalue weighted by Crippen LogP contribution is -2.45. The number of hydrogen-bond donors (Lipinski definition) is 2. The first-order valence-electron chi connectivity index (χ1n) is 6.12. The fourth-order valence-electron chi connectivity index (χ4n) is 2.72. The molecule has 98 valence electrons. The Labute approximate surface area is 107 Å². The highest BCUT2D eigenvalue weighted by molar-refractivity contribution is 5.80. The van der Waals surface area contributed by atoms with Gasteiger partial charge < -0.3 is 9.84 Å². The number of methoxy groups -OCH3 is 1. The van der Waals surface area contributed by atoms with Crippen LogP contribution in [-0.4, -0.2) is 30.3 Å². The van der Waals surface area contributed by atoms with Crippen molar-refractivity contribution in [1.82, 2.24) is 5.32 Å². The van der Waals surface area contributed by atoms with Crippen LogP contribution >= 0.6 is 0 Å². The molecule has 1 aromatic rings. The molecule has 1 heterocycles. The van der Waals surface area contributed by atoms with Gasteiger partial charge in [0.05, 0.1) is 7.11 Å². The average molecular weight is 249 g/mol. The van der Waals surface area contributed by atoms with Gasteiger partial charge in [-0.3, -0.25) is 10.1 Å². The molecule has 2 rings (SSSR count). The van der Waals surface area contributed by atoms with Gasteiger partial charge in [-0.05, 0) is 18.9 Å². The Morgan fingerprint density at radius 3 is 2.72 bits per heavy atom. The Kier molecular flexibility index (Phi) is 3.68. The lowest BCUT2D eigenvalue weighted by molar-refractivity contribution is -0.147. The average Bonchev–Trinajstić information content (AvgIpc) is 2.77. The van der Waals surface area contributed by atoms with Crippen LogP contribution in [0.25, 0.3) is 0 Å². The van der Waals surface area contributed by atoms with Gasteiger partial charge in [0, 0.05) is 18.6 Å². The summed E-state index contributed by atoms with van der Waals surface area (Å²) in [6.07, 6.45) is 0.579. The first kappa shape index (κ1) is 13.1. The number of nitrogens with one attached hydrogen (secondary N) is 1. The number of carbonyl (C=O) groups excluding carboxylic acids is 1. The molecule has 0 aliphatic carbocycles. The molecule has 1 aliphatic heterocycles. The van der Waals surface area contributed by atoms with E-state index in [0.29, 0.717) is 6.42 Å². The number of benzene rings is 1. The molecule has 3 unspecified atom stereocenters. The molecular formula is C14H19NO3. The van der Waals surface area contributed by atoms with E-state index in [1.54, 1.807) is 0 Å². The van der Waals surface area contributed by atoms with E-state index < -0.39 is 5.54 Å². The molecule has 1 aliphatic rings. The topological polar surface area (TPSA) is 58.6 Å².